The van der Waals surface area contributed by atoms with E-state index in [4.69, 9.17) is 9.47 Å². The molecule has 0 bridgehead atoms. The molecule has 8 nitrogen and oxygen atoms in total. The van der Waals surface area contributed by atoms with Crippen molar-refractivity contribution in [3.63, 3.8) is 0 Å². The summed E-state index contributed by atoms with van der Waals surface area (Å²) in [6.45, 7) is 0.737. The first kappa shape index (κ1) is 24.4. The lowest BCUT2D eigenvalue weighted by Gasteiger charge is -2.24. The fourth-order valence-corrected chi connectivity index (χ4v) is 4.27. The Morgan fingerprint density at radius 1 is 1.03 bits per heavy atom. The van der Waals surface area contributed by atoms with Gasteiger partial charge in [-0.3, -0.25) is 9.10 Å². The van der Waals surface area contributed by atoms with Crippen LogP contribution in [0.2, 0.25) is 0 Å². The first-order valence-corrected chi connectivity index (χ1v) is 11.0. The number of ether oxygens (including phenoxy) is 2. The molecule has 0 aliphatic carbocycles. The normalized spacial score (nSPS) is 11.3. The molecule has 170 valence electrons. The molecule has 1 amide bonds. The van der Waals surface area contributed by atoms with Gasteiger partial charge in [0.15, 0.2) is 11.5 Å². The highest BCUT2D eigenvalue weighted by atomic mass is 32.2. The van der Waals surface area contributed by atoms with Crippen molar-refractivity contribution >= 4 is 21.6 Å². The quantitative estimate of drug-likeness (QED) is 0.525. The molecule has 0 aromatic heterocycles. The standard InChI is InChI=1S/C21H28FN3O5S/c1-24(2)13-5-12-23-21(26)15-25(17-8-6-16(22)7-9-17)31(27,28)18-10-11-19(29-3)20(14-18)30-4/h6-11,14H,5,12-13,15H2,1-4H3,(H,23,26). The lowest BCUT2D eigenvalue weighted by atomic mass is 10.3. The third-order valence-corrected chi connectivity index (χ3v) is 6.22. The SMILES string of the molecule is COc1ccc(S(=O)(=O)N(CC(=O)NCCCN(C)C)c2ccc(F)cc2)cc1OC. The van der Waals surface area contributed by atoms with E-state index in [1.807, 2.05) is 19.0 Å². The minimum atomic E-state index is -4.16. The van der Waals surface area contributed by atoms with Crippen LogP contribution in [0.5, 0.6) is 11.5 Å². The summed E-state index contributed by atoms with van der Waals surface area (Å²) in [5.41, 5.74) is 0.166. The number of benzene rings is 2. The summed E-state index contributed by atoms with van der Waals surface area (Å²) in [6, 6.07) is 9.06. The van der Waals surface area contributed by atoms with Crippen molar-refractivity contribution in [2.24, 2.45) is 0 Å². The number of hydrogen-bond donors (Lipinski definition) is 1. The van der Waals surface area contributed by atoms with Gasteiger partial charge in [-0.2, -0.15) is 0 Å². The molecular formula is C21H28FN3O5S. The third-order valence-electron chi connectivity index (χ3n) is 4.45. The number of rotatable bonds is 11. The lowest BCUT2D eigenvalue weighted by Crippen LogP contribution is -2.41. The minimum absolute atomic E-state index is 0.0881. The third kappa shape index (κ3) is 6.56. The Bertz CT molecular complexity index is 981. The van der Waals surface area contributed by atoms with Crippen LogP contribution in [0, 0.1) is 5.82 Å². The zero-order valence-electron chi connectivity index (χ0n) is 18.1. The number of hydrogen-bond acceptors (Lipinski definition) is 6. The lowest BCUT2D eigenvalue weighted by molar-refractivity contribution is -0.119. The number of nitrogens with zero attached hydrogens (tertiary/aromatic N) is 2. The Morgan fingerprint density at radius 3 is 2.26 bits per heavy atom. The van der Waals surface area contributed by atoms with Crippen molar-refractivity contribution in [1.82, 2.24) is 10.2 Å². The molecule has 0 fully saturated rings. The molecule has 0 spiro atoms. The molecule has 0 aliphatic heterocycles. The average molecular weight is 454 g/mol. The number of carbonyl (C=O) groups is 1. The first-order chi connectivity index (χ1) is 14.7. The summed E-state index contributed by atoms with van der Waals surface area (Å²) in [5, 5.41) is 2.72. The second kappa shape index (κ2) is 11.0. The minimum Gasteiger partial charge on any atom is -0.493 e. The van der Waals surface area contributed by atoms with Gasteiger partial charge in [0.1, 0.15) is 12.4 Å². The van der Waals surface area contributed by atoms with E-state index in [1.54, 1.807) is 0 Å². The number of methoxy groups -OCH3 is 2. The molecule has 0 saturated heterocycles. The van der Waals surface area contributed by atoms with Gasteiger partial charge in [-0.05, 0) is 63.5 Å². The van der Waals surface area contributed by atoms with Gasteiger partial charge >= 0.3 is 0 Å². The van der Waals surface area contributed by atoms with Crippen molar-refractivity contribution in [2.45, 2.75) is 11.3 Å². The summed E-state index contributed by atoms with van der Waals surface area (Å²) < 4.78 is 51.5. The van der Waals surface area contributed by atoms with E-state index in [0.717, 1.165) is 29.4 Å². The van der Waals surface area contributed by atoms with E-state index < -0.39 is 28.3 Å². The highest BCUT2D eigenvalue weighted by Crippen LogP contribution is 2.32. The number of halogens is 1. The van der Waals surface area contributed by atoms with Crippen LogP contribution < -0.4 is 19.1 Å². The molecule has 0 radical (unpaired) electrons. The fraction of sp³-hybridized carbons (Fsp3) is 0.381. The number of sulfonamides is 1. The largest absolute Gasteiger partial charge is 0.493 e. The molecule has 31 heavy (non-hydrogen) atoms. The molecule has 0 aliphatic rings. The van der Waals surface area contributed by atoms with Crippen LogP contribution in [-0.2, 0) is 14.8 Å². The van der Waals surface area contributed by atoms with E-state index in [1.165, 1.54) is 44.6 Å². The summed E-state index contributed by atoms with van der Waals surface area (Å²) >= 11 is 0. The molecular weight excluding hydrogens is 425 g/mol. The topological polar surface area (TPSA) is 88.2 Å². The summed E-state index contributed by atoms with van der Waals surface area (Å²) in [5.74, 6) is -0.378. The second-order valence-electron chi connectivity index (χ2n) is 7.01. The molecule has 2 aromatic carbocycles. The van der Waals surface area contributed by atoms with Gasteiger partial charge in [0.25, 0.3) is 10.0 Å². The predicted molar refractivity (Wildman–Crippen MR) is 117 cm³/mol. The van der Waals surface area contributed by atoms with E-state index in [2.05, 4.69) is 5.32 Å². The van der Waals surface area contributed by atoms with Crippen LogP contribution in [0.15, 0.2) is 47.4 Å². The summed E-state index contributed by atoms with van der Waals surface area (Å²) in [4.78, 5) is 14.4. The number of carbonyl (C=O) groups excluding carboxylic acids is 1. The average Bonchev–Trinajstić information content (AvgIpc) is 2.75. The molecule has 2 aromatic rings. The highest BCUT2D eigenvalue weighted by molar-refractivity contribution is 7.92. The Balaban J connectivity index is 2.33. The predicted octanol–water partition coefficient (Wildman–Crippen LogP) is 2.11. The fourth-order valence-electron chi connectivity index (χ4n) is 2.84. The molecule has 2 rings (SSSR count). The summed E-state index contributed by atoms with van der Waals surface area (Å²) in [7, 11) is 2.53. The van der Waals surface area contributed by atoms with Crippen LogP contribution in [0.1, 0.15) is 6.42 Å². The smallest absolute Gasteiger partial charge is 0.264 e. The first-order valence-electron chi connectivity index (χ1n) is 9.60. The molecule has 10 heteroatoms. The van der Waals surface area contributed by atoms with Gasteiger partial charge in [-0.25, -0.2) is 12.8 Å². The maximum Gasteiger partial charge on any atom is 0.264 e. The van der Waals surface area contributed by atoms with Crippen molar-refractivity contribution in [1.29, 1.82) is 0 Å². The van der Waals surface area contributed by atoms with E-state index in [-0.39, 0.29) is 16.3 Å². The highest BCUT2D eigenvalue weighted by Gasteiger charge is 2.28. The Hall–Kier alpha value is -2.85. The van der Waals surface area contributed by atoms with Gasteiger partial charge in [-0.1, -0.05) is 0 Å². The number of anilines is 1. The molecule has 0 atom stereocenters. The Morgan fingerprint density at radius 2 is 1.68 bits per heavy atom. The summed E-state index contributed by atoms with van der Waals surface area (Å²) in [6.07, 6.45) is 0.720. The van der Waals surface area contributed by atoms with Gasteiger partial charge < -0.3 is 19.7 Å². The molecule has 0 saturated carbocycles. The number of nitrogens with one attached hydrogen (secondary N) is 1. The molecule has 1 N–H and O–H groups in total. The van der Waals surface area contributed by atoms with Crippen LogP contribution >= 0.6 is 0 Å². The van der Waals surface area contributed by atoms with Crippen molar-refractivity contribution in [3.05, 3.63) is 48.3 Å². The van der Waals surface area contributed by atoms with Gasteiger partial charge in [0, 0.05) is 12.6 Å². The van der Waals surface area contributed by atoms with E-state index in [9.17, 15) is 17.6 Å². The van der Waals surface area contributed by atoms with Gasteiger partial charge in [-0.15, -0.1) is 0 Å². The van der Waals surface area contributed by atoms with Crippen molar-refractivity contribution in [3.8, 4) is 11.5 Å². The Labute approximate surface area is 182 Å². The van der Waals surface area contributed by atoms with Crippen molar-refractivity contribution in [2.75, 3.05) is 52.3 Å². The van der Waals surface area contributed by atoms with Crippen LogP contribution in [0.4, 0.5) is 10.1 Å². The van der Waals surface area contributed by atoms with Crippen molar-refractivity contribution < 1.29 is 27.1 Å². The zero-order valence-corrected chi connectivity index (χ0v) is 18.9. The van der Waals surface area contributed by atoms with Gasteiger partial charge in [0.05, 0.1) is 24.8 Å². The maximum atomic E-state index is 13.4. The monoisotopic (exact) mass is 453 g/mol. The van der Waals surface area contributed by atoms with E-state index >= 15 is 0 Å². The van der Waals surface area contributed by atoms with Crippen LogP contribution in [0.3, 0.4) is 0 Å². The van der Waals surface area contributed by atoms with Gasteiger partial charge in [0.2, 0.25) is 5.91 Å². The number of amides is 1. The van der Waals surface area contributed by atoms with E-state index in [0.29, 0.717) is 12.3 Å². The molecule has 0 unspecified atom stereocenters. The second-order valence-corrected chi connectivity index (χ2v) is 8.87. The molecule has 0 heterocycles. The Kier molecular flexibility index (Phi) is 8.64. The zero-order chi connectivity index (χ0) is 23.0. The van der Waals surface area contributed by atoms with Crippen LogP contribution in [-0.4, -0.2) is 67.2 Å². The van der Waals surface area contributed by atoms with Crippen LogP contribution in [0.25, 0.3) is 0 Å². The maximum absolute atomic E-state index is 13.4.